The van der Waals surface area contributed by atoms with Crippen LogP contribution in [0.25, 0.3) is 6.08 Å². The molecule has 1 aromatic heterocycles. The second kappa shape index (κ2) is 12.0. The van der Waals surface area contributed by atoms with Crippen LogP contribution in [0.3, 0.4) is 0 Å². The van der Waals surface area contributed by atoms with Crippen LogP contribution in [0.1, 0.15) is 84.8 Å². The zero-order chi connectivity index (χ0) is 27.3. The van der Waals surface area contributed by atoms with Crippen molar-refractivity contribution in [2.75, 3.05) is 0 Å². The highest BCUT2D eigenvalue weighted by atomic mass is 16.6. The number of carbonyl (C=O) groups excluding carboxylic acids is 2. The van der Waals surface area contributed by atoms with E-state index in [1.54, 1.807) is 33.0 Å². The number of hydrogen-bond acceptors (Lipinski definition) is 7. The SMILES string of the molecule is C=CCCC1C(=O)C(C)(C)CCC(=O)OC(/C=C/c2ccccn2)CC2OC2(C)CCCC(C)C1(O)O. The monoisotopic (exact) mass is 513 g/mol. The van der Waals surface area contributed by atoms with Gasteiger partial charge in [-0.3, -0.25) is 14.6 Å². The van der Waals surface area contributed by atoms with Crippen LogP contribution in [0.4, 0.5) is 0 Å². The molecular formula is C30H43NO6. The van der Waals surface area contributed by atoms with E-state index in [1.165, 1.54) is 0 Å². The Morgan fingerprint density at radius 3 is 2.62 bits per heavy atom. The summed E-state index contributed by atoms with van der Waals surface area (Å²) in [7, 11) is 0. The van der Waals surface area contributed by atoms with Crippen molar-refractivity contribution in [3.63, 3.8) is 0 Å². The number of carbonyl (C=O) groups is 2. The third-order valence-corrected chi connectivity index (χ3v) is 8.08. The minimum absolute atomic E-state index is 0.0447. The van der Waals surface area contributed by atoms with Crippen LogP contribution in [-0.4, -0.2) is 50.5 Å². The van der Waals surface area contributed by atoms with Gasteiger partial charge in [-0.2, -0.15) is 0 Å². The smallest absolute Gasteiger partial charge is 0.306 e. The number of allylic oxidation sites excluding steroid dienone is 1. The largest absolute Gasteiger partial charge is 0.458 e. The molecule has 37 heavy (non-hydrogen) atoms. The molecule has 7 nitrogen and oxygen atoms in total. The minimum atomic E-state index is -2.15. The Kier molecular flexibility index (Phi) is 9.48. The van der Waals surface area contributed by atoms with Gasteiger partial charge in [0.15, 0.2) is 5.79 Å². The highest BCUT2D eigenvalue weighted by molar-refractivity contribution is 5.87. The second-order valence-corrected chi connectivity index (χ2v) is 11.5. The molecule has 0 amide bonds. The lowest BCUT2D eigenvalue weighted by atomic mass is 9.70. The van der Waals surface area contributed by atoms with Gasteiger partial charge in [0, 0.05) is 30.4 Å². The van der Waals surface area contributed by atoms with Gasteiger partial charge in [-0.15, -0.1) is 6.58 Å². The fourth-order valence-corrected chi connectivity index (χ4v) is 5.24. The van der Waals surface area contributed by atoms with Crippen molar-refractivity contribution in [3.8, 4) is 0 Å². The molecule has 5 unspecified atom stereocenters. The molecule has 0 radical (unpaired) electrons. The van der Waals surface area contributed by atoms with Crippen molar-refractivity contribution in [2.45, 2.75) is 103 Å². The number of esters is 1. The number of cyclic esters (lactones) is 1. The molecule has 5 atom stereocenters. The maximum Gasteiger partial charge on any atom is 0.306 e. The highest BCUT2D eigenvalue weighted by Gasteiger charge is 2.53. The lowest BCUT2D eigenvalue weighted by Crippen LogP contribution is -2.51. The maximum absolute atomic E-state index is 13.6. The highest BCUT2D eigenvalue weighted by Crippen LogP contribution is 2.45. The summed E-state index contributed by atoms with van der Waals surface area (Å²) in [5.41, 5.74) is -0.517. The summed E-state index contributed by atoms with van der Waals surface area (Å²) in [4.78, 5) is 30.8. The van der Waals surface area contributed by atoms with E-state index in [0.29, 0.717) is 19.3 Å². The Labute approximate surface area is 221 Å². The number of ether oxygens (including phenoxy) is 2. The fourth-order valence-electron chi connectivity index (χ4n) is 5.24. The normalized spacial score (nSPS) is 32.9. The van der Waals surface area contributed by atoms with Crippen LogP contribution in [-0.2, 0) is 19.1 Å². The van der Waals surface area contributed by atoms with Gasteiger partial charge >= 0.3 is 5.97 Å². The Hall–Kier alpha value is -2.35. The zero-order valence-corrected chi connectivity index (χ0v) is 22.7. The first kappa shape index (κ1) is 29.2. The molecule has 0 aliphatic carbocycles. The number of rotatable bonds is 5. The van der Waals surface area contributed by atoms with Crippen LogP contribution in [0, 0.1) is 17.3 Å². The molecule has 0 aromatic carbocycles. The van der Waals surface area contributed by atoms with Crippen molar-refractivity contribution in [1.29, 1.82) is 0 Å². The first-order valence-corrected chi connectivity index (χ1v) is 13.5. The Morgan fingerprint density at radius 2 is 1.95 bits per heavy atom. The standard InChI is InChI=1S/C30H43NO6/c1-6-7-13-24-27(33)28(3,4)18-16-26(32)36-23(15-14-22-12-8-9-19-31-22)20-25-29(5,37-25)17-10-11-21(2)30(24,34)35/h6,8-9,12,14-15,19,21,23-25,34-35H,1,7,10-11,13,16-18,20H2,2-5H3/b15-14+. The van der Waals surface area contributed by atoms with Gasteiger partial charge in [0.1, 0.15) is 11.9 Å². The molecule has 3 heterocycles. The molecule has 0 spiro atoms. The van der Waals surface area contributed by atoms with E-state index < -0.39 is 35.1 Å². The third kappa shape index (κ3) is 7.59. The summed E-state index contributed by atoms with van der Waals surface area (Å²) >= 11 is 0. The van der Waals surface area contributed by atoms with E-state index in [1.807, 2.05) is 37.3 Å². The summed E-state index contributed by atoms with van der Waals surface area (Å²) < 4.78 is 11.9. The molecule has 3 rings (SSSR count). The summed E-state index contributed by atoms with van der Waals surface area (Å²) in [6, 6.07) is 5.62. The molecule has 7 heteroatoms. The van der Waals surface area contributed by atoms with Crippen molar-refractivity contribution in [3.05, 3.63) is 48.8 Å². The summed E-state index contributed by atoms with van der Waals surface area (Å²) in [6.45, 7) is 11.1. The fraction of sp³-hybridized carbons (Fsp3) is 0.633. The summed E-state index contributed by atoms with van der Waals surface area (Å²) in [5, 5.41) is 22.4. The van der Waals surface area contributed by atoms with Gasteiger partial charge in [0.25, 0.3) is 0 Å². The number of Topliss-reactive ketones (excluding diaryl/α,β-unsaturated/α-hetero) is 1. The average molecular weight is 514 g/mol. The Balaban J connectivity index is 1.83. The number of ketones is 1. The molecular weight excluding hydrogens is 470 g/mol. The van der Waals surface area contributed by atoms with E-state index >= 15 is 0 Å². The number of pyridine rings is 1. The number of aliphatic hydroxyl groups is 2. The van der Waals surface area contributed by atoms with Gasteiger partial charge in [-0.25, -0.2) is 0 Å². The molecule has 1 aromatic rings. The van der Waals surface area contributed by atoms with Gasteiger partial charge in [0.05, 0.1) is 23.3 Å². The predicted octanol–water partition coefficient (Wildman–Crippen LogP) is 5.01. The van der Waals surface area contributed by atoms with E-state index in [2.05, 4.69) is 11.6 Å². The topological polar surface area (TPSA) is 109 Å². The van der Waals surface area contributed by atoms with Crippen molar-refractivity contribution < 1.29 is 29.3 Å². The van der Waals surface area contributed by atoms with Crippen LogP contribution >= 0.6 is 0 Å². The van der Waals surface area contributed by atoms with Crippen molar-refractivity contribution in [1.82, 2.24) is 4.98 Å². The minimum Gasteiger partial charge on any atom is -0.458 e. The van der Waals surface area contributed by atoms with Crippen LogP contribution in [0.2, 0.25) is 0 Å². The van der Waals surface area contributed by atoms with Crippen LogP contribution in [0.5, 0.6) is 0 Å². The predicted molar refractivity (Wildman–Crippen MR) is 142 cm³/mol. The number of aromatic nitrogens is 1. The summed E-state index contributed by atoms with van der Waals surface area (Å²) in [6.07, 6.45) is 10.1. The third-order valence-electron chi connectivity index (χ3n) is 8.08. The van der Waals surface area contributed by atoms with E-state index in [9.17, 15) is 19.8 Å². The molecule has 2 aliphatic heterocycles. The molecule has 0 bridgehead atoms. The van der Waals surface area contributed by atoms with Gasteiger partial charge in [-0.05, 0) is 63.3 Å². The summed E-state index contributed by atoms with van der Waals surface area (Å²) in [5.74, 6) is -4.29. The second-order valence-electron chi connectivity index (χ2n) is 11.5. The molecule has 2 fully saturated rings. The first-order chi connectivity index (χ1) is 17.4. The van der Waals surface area contributed by atoms with E-state index in [4.69, 9.17) is 9.47 Å². The molecule has 204 valence electrons. The number of fused-ring (bicyclic) bond motifs is 1. The Morgan fingerprint density at radius 1 is 1.19 bits per heavy atom. The lowest BCUT2D eigenvalue weighted by molar-refractivity contribution is -0.234. The number of hydrogen-bond donors (Lipinski definition) is 2. The maximum atomic E-state index is 13.6. The average Bonchev–Trinajstić information content (AvgIpc) is 3.49. The van der Waals surface area contributed by atoms with Gasteiger partial charge < -0.3 is 19.7 Å². The molecule has 2 saturated heterocycles. The Bertz CT molecular complexity index is 972. The molecule has 2 N–H and O–H groups in total. The quantitative estimate of drug-likeness (QED) is 0.246. The van der Waals surface area contributed by atoms with Gasteiger partial charge in [-0.1, -0.05) is 39.3 Å². The van der Waals surface area contributed by atoms with Crippen LogP contribution in [0.15, 0.2) is 43.1 Å². The number of epoxide rings is 1. The number of nitrogens with zero attached hydrogens (tertiary/aromatic N) is 1. The van der Waals surface area contributed by atoms with Gasteiger partial charge in [0.2, 0.25) is 0 Å². The lowest BCUT2D eigenvalue weighted by Gasteiger charge is -2.39. The molecule has 2 aliphatic rings. The first-order valence-electron chi connectivity index (χ1n) is 13.5. The van der Waals surface area contributed by atoms with Crippen LogP contribution < -0.4 is 0 Å². The molecule has 0 saturated carbocycles. The zero-order valence-electron chi connectivity index (χ0n) is 22.7. The van der Waals surface area contributed by atoms with E-state index in [0.717, 1.165) is 18.5 Å². The van der Waals surface area contributed by atoms with Crippen molar-refractivity contribution >= 4 is 17.8 Å². The van der Waals surface area contributed by atoms with Crippen molar-refractivity contribution in [2.24, 2.45) is 17.3 Å². The van der Waals surface area contributed by atoms with E-state index in [-0.39, 0.29) is 36.8 Å².